The van der Waals surface area contributed by atoms with Crippen LogP contribution in [0.15, 0.2) is 54.2 Å². The van der Waals surface area contributed by atoms with Crippen molar-refractivity contribution in [2.75, 3.05) is 19.0 Å². The van der Waals surface area contributed by atoms with Crippen LogP contribution in [0.3, 0.4) is 0 Å². The van der Waals surface area contributed by atoms with Crippen LogP contribution in [0.5, 0.6) is 5.75 Å². The first-order valence-corrected chi connectivity index (χ1v) is 9.51. The van der Waals surface area contributed by atoms with Crippen LogP contribution in [-0.2, 0) is 9.53 Å². The van der Waals surface area contributed by atoms with Crippen molar-refractivity contribution in [3.8, 4) is 17.0 Å². The predicted octanol–water partition coefficient (Wildman–Crippen LogP) is 3.49. The fourth-order valence-corrected chi connectivity index (χ4v) is 3.47. The van der Waals surface area contributed by atoms with Crippen LogP contribution in [-0.4, -0.2) is 40.5 Å². The molecule has 0 aliphatic heterocycles. The molecule has 0 atom stereocenters. The third-order valence-corrected chi connectivity index (χ3v) is 4.88. The highest BCUT2D eigenvalue weighted by molar-refractivity contribution is 7.14. The molecule has 2 N–H and O–H groups in total. The number of thiazole rings is 1. The van der Waals surface area contributed by atoms with Gasteiger partial charge in [0.05, 0.1) is 35.7 Å². The van der Waals surface area contributed by atoms with Crippen molar-refractivity contribution in [3.05, 3.63) is 59.7 Å². The second kappa shape index (κ2) is 8.11. The van der Waals surface area contributed by atoms with Gasteiger partial charge in [0.15, 0.2) is 11.7 Å². The Kier molecular flexibility index (Phi) is 5.21. The lowest BCUT2D eigenvalue weighted by Crippen LogP contribution is -2.20. The molecule has 0 aliphatic carbocycles. The van der Waals surface area contributed by atoms with Crippen molar-refractivity contribution in [2.24, 2.45) is 0 Å². The second-order valence-corrected chi connectivity index (χ2v) is 6.86. The Bertz CT molecular complexity index is 1180. The van der Waals surface area contributed by atoms with Crippen LogP contribution in [0.1, 0.15) is 10.4 Å². The Morgan fingerprint density at radius 3 is 2.93 bits per heavy atom. The number of imidazole rings is 1. The molecule has 2 aromatic carbocycles. The Morgan fingerprint density at radius 2 is 2.07 bits per heavy atom. The lowest BCUT2D eigenvalue weighted by atomic mass is 10.1. The highest BCUT2D eigenvalue weighted by Gasteiger charge is 2.14. The molecule has 9 heteroatoms. The number of esters is 1. The van der Waals surface area contributed by atoms with Crippen molar-refractivity contribution in [3.63, 3.8) is 0 Å². The van der Waals surface area contributed by atoms with Gasteiger partial charge in [-0.1, -0.05) is 12.1 Å². The summed E-state index contributed by atoms with van der Waals surface area (Å²) >= 11 is 1.27. The molecule has 0 radical (unpaired) electrons. The van der Waals surface area contributed by atoms with Gasteiger partial charge in [0, 0.05) is 10.9 Å². The summed E-state index contributed by atoms with van der Waals surface area (Å²) in [6.07, 6.45) is 1.54. The quantitative estimate of drug-likeness (QED) is 0.473. The molecule has 0 fully saturated rings. The van der Waals surface area contributed by atoms with Gasteiger partial charge in [0.1, 0.15) is 5.75 Å². The average Bonchev–Trinajstić information content (AvgIpc) is 3.40. The summed E-state index contributed by atoms with van der Waals surface area (Å²) in [6, 6.07) is 12.4. The van der Waals surface area contributed by atoms with Crippen LogP contribution in [0, 0.1) is 0 Å². The van der Waals surface area contributed by atoms with Gasteiger partial charge in [0.2, 0.25) is 0 Å². The zero-order valence-corrected chi connectivity index (χ0v) is 16.2. The number of ether oxygens (including phenoxy) is 2. The summed E-state index contributed by atoms with van der Waals surface area (Å²) in [5, 5.41) is 4.86. The normalized spacial score (nSPS) is 10.7. The number of methoxy groups -OCH3 is 1. The molecule has 1 amide bonds. The number of benzene rings is 2. The first kappa shape index (κ1) is 18.6. The zero-order valence-electron chi connectivity index (χ0n) is 15.3. The van der Waals surface area contributed by atoms with Crippen LogP contribution in [0.2, 0.25) is 0 Å². The number of carbonyl (C=O) groups excluding carboxylic acids is 2. The van der Waals surface area contributed by atoms with Crippen LogP contribution in [0.4, 0.5) is 5.13 Å². The van der Waals surface area contributed by atoms with E-state index >= 15 is 0 Å². The van der Waals surface area contributed by atoms with Crippen molar-refractivity contribution in [2.45, 2.75) is 0 Å². The highest BCUT2D eigenvalue weighted by atomic mass is 32.1. The maximum atomic E-state index is 12.2. The van der Waals surface area contributed by atoms with Crippen molar-refractivity contribution < 1.29 is 19.1 Å². The van der Waals surface area contributed by atoms with E-state index in [4.69, 9.17) is 9.47 Å². The van der Waals surface area contributed by atoms with Gasteiger partial charge in [-0.25, -0.2) is 14.8 Å². The van der Waals surface area contributed by atoms with Crippen LogP contribution >= 0.6 is 11.3 Å². The summed E-state index contributed by atoms with van der Waals surface area (Å²) < 4.78 is 10.4. The number of carbonyl (C=O) groups is 2. The molecule has 0 unspecified atom stereocenters. The molecule has 29 heavy (non-hydrogen) atoms. The third-order valence-electron chi connectivity index (χ3n) is 4.12. The average molecular weight is 408 g/mol. The molecule has 146 valence electrons. The number of rotatable bonds is 6. The summed E-state index contributed by atoms with van der Waals surface area (Å²) in [5.41, 5.74) is 3.31. The van der Waals surface area contributed by atoms with E-state index in [0.717, 1.165) is 16.6 Å². The maximum Gasteiger partial charge on any atom is 0.338 e. The minimum absolute atomic E-state index is 0.335. The van der Waals surface area contributed by atoms with Crippen molar-refractivity contribution in [1.82, 2.24) is 15.0 Å². The first-order valence-electron chi connectivity index (χ1n) is 8.63. The number of aromatic amines is 1. The van der Waals surface area contributed by atoms with Crippen LogP contribution < -0.4 is 10.1 Å². The molecule has 0 aliphatic rings. The lowest BCUT2D eigenvalue weighted by molar-refractivity contribution is -0.119. The minimum atomic E-state index is -0.592. The number of hydrogen-bond acceptors (Lipinski definition) is 7. The van der Waals surface area contributed by atoms with Crippen molar-refractivity contribution >= 4 is 39.4 Å². The zero-order chi connectivity index (χ0) is 20.2. The second-order valence-electron chi connectivity index (χ2n) is 6.00. The fourth-order valence-electron chi connectivity index (χ4n) is 2.74. The molecular weight excluding hydrogens is 392 g/mol. The van der Waals surface area contributed by atoms with Gasteiger partial charge in [-0.15, -0.1) is 11.3 Å². The van der Waals surface area contributed by atoms with E-state index in [1.54, 1.807) is 31.6 Å². The lowest BCUT2D eigenvalue weighted by Gasteiger charge is -2.06. The molecule has 0 saturated carbocycles. The molecule has 0 spiro atoms. The van der Waals surface area contributed by atoms with E-state index in [1.807, 2.05) is 29.6 Å². The molecule has 0 bridgehead atoms. The number of nitrogens with one attached hydrogen (secondary N) is 2. The molecule has 0 saturated heterocycles. The number of fused-ring (bicyclic) bond motifs is 1. The number of para-hydroxylation sites is 1. The molecule has 2 aromatic heterocycles. The van der Waals surface area contributed by atoms with Gasteiger partial charge < -0.3 is 14.5 Å². The van der Waals surface area contributed by atoms with Crippen molar-refractivity contribution in [1.29, 1.82) is 0 Å². The smallest absolute Gasteiger partial charge is 0.338 e. The van der Waals surface area contributed by atoms with E-state index in [1.165, 1.54) is 11.3 Å². The maximum absolute atomic E-state index is 12.2. The number of hydrogen-bond donors (Lipinski definition) is 2. The number of aromatic nitrogens is 3. The Balaban J connectivity index is 1.36. The van der Waals surface area contributed by atoms with E-state index in [0.29, 0.717) is 22.1 Å². The largest absolute Gasteiger partial charge is 0.496 e. The Labute approximate surface area is 169 Å². The van der Waals surface area contributed by atoms with Gasteiger partial charge in [0.25, 0.3) is 5.91 Å². The summed E-state index contributed by atoms with van der Waals surface area (Å²) in [4.78, 5) is 35.7. The number of nitrogens with zero attached hydrogens (tertiary/aromatic N) is 2. The first-order chi connectivity index (χ1) is 14.1. The summed E-state index contributed by atoms with van der Waals surface area (Å²) in [6.45, 7) is -0.413. The monoisotopic (exact) mass is 408 g/mol. The predicted molar refractivity (Wildman–Crippen MR) is 109 cm³/mol. The third kappa shape index (κ3) is 4.09. The number of H-pyrrole nitrogens is 1. The van der Waals surface area contributed by atoms with E-state index < -0.39 is 18.5 Å². The Morgan fingerprint density at radius 1 is 1.21 bits per heavy atom. The SMILES string of the molecule is COc1ccccc1-c1csc(NC(=O)COC(=O)c2ccc3nc[nH]c3c2)n1. The van der Waals surface area contributed by atoms with Crippen LogP contribution in [0.25, 0.3) is 22.3 Å². The van der Waals surface area contributed by atoms with E-state index in [2.05, 4.69) is 20.3 Å². The van der Waals surface area contributed by atoms with Gasteiger partial charge in [-0.05, 0) is 30.3 Å². The molecular formula is C20H16N4O4S. The van der Waals surface area contributed by atoms with E-state index in [-0.39, 0.29) is 0 Å². The summed E-state index contributed by atoms with van der Waals surface area (Å²) in [5.74, 6) is -0.369. The number of amides is 1. The van der Waals surface area contributed by atoms with Gasteiger partial charge in [-0.2, -0.15) is 0 Å². The molecule has 2 heterocycles. The minimum Gasteiger partial charge on any atom is -0.496 e. The number of anilines is 1. The highest BCUT2D eigenvalue weighted by Crippen LogP contribution is 2.31. The molecule has 8 nitrogen and oxygen atoms in total. The molecule has 4 aromatic rings. The van der Waals surface area contributed by atoms with Gasteiger partial charge >= 0.3 is 5.97 Å². The van der Waals surface area contributed by atoms with Gasteiger partial charge in [-0.3, -0.25) is 10.1 Å². The topological polar surface area (TPSA) is 106 Å². The van der Waals surface area contributed by atoms with E-state index in [9.17, 15) is 9.59 Å². The fraction of sp³-hybridized carbons (Fsp3) is 0.100. The Hall–Kier alpha value is -3.72. The summed E-state index contributed by atoms with van der Waals surface area (Å²) in [7, 11) is 1.59. The standard InChI is InChI=1S/C20H16N4O4S/c1-27-17-5-3-2-4-13(17)16-10-29-20(23-16)24-18(25)9-28-19(26)12-6-7-14-15(8-12)22-11-21-14/h2-8,10-11H,9H2,1H3,(H,21,22)(H,23,24,25). The molecule has 4 rings (SSSR count).